The highest BCUT2D eigenvalue weighted by molar-refractivity contribution is 7.14. The molecule has 8 heteroatoms. The van der Waals surface area contributed by atoms with Gasteiger partial charge in [0.25, 0.3) is 5.06 Å². The zero-order chi connectivity index (χ0) is 14.9. The highest BCUT2D eigenvalue weighted by Gasteiger charge is 2.23. The van der Waals surface area contributed by atoms with Gasteiger partial charge in [-0.2, -0.15) is 0 Å². The molecule has 0 amide bonds. The quantitative estimate of drug-likeness (QED) is 0.689. The molecule has 0 saturated carbocycles. The fourth-order valence-corrected chi connectivity index (χ4v) is 2.37. The van der Waals surface area contributed by atoms with Gasteiger partial charge < -0.3 is 9.84 Å². The van der Waals surface area contributed by atoms with Gasteiger partial charge in [-0.1, -0.05) is 11.3 Å². The Morgan fingerprint density at radius 2 is 2.10 bits per heavy atom. The lowest BCUT2D eigenvalue weighted by Crippen LogP contribution is -1.91. The van der Waals surface area contributed by atoms with Crippen LogP contribution in [0, 0.1) is 21.7 Å². The van der Waals surface area contributed by atoms with E-state index in [1.807, 2.05) is 0 Å². The average Bonchev–Trinajstić information content (AvgIpc) is 2.77. The summed E-state index contributed by atoms with van der Waals surface area (Å²) >= 11 is 0.829. The Morgan fingerprint density at radius 1 is 1.40 bits per heavy atom. The second-order valence-corrected chi connectivity index (χ2v) is 4.98. The Labute approximate surface area is 116 Å². The minimum Gasteiger partial charge on any atom is -0.437 e. The van der Waals surface area contributed by atoms with E-state index in [-0.39, 0.29) is 16.5 Å². The van der Waals surface area contributed by atoms with Crippen molar-refractivity contribution in [2.24, 2.45) is 0 Å². The van der Waals surface area contributed by atoms with Crippen LogP contribution in [0.1, 0.15) is 17.9 Å². The number of thiophene rings is 1. The molecule has 1 N–H and O–H groups in total. The van der Waals surface area contributed by atoms with E-state index in [4.69, 9.17) is 4.74 Å². The van der Waals surface area contributed by atoms with E-state index in [0.29, 0.717) is 10.9 Å². The molecule has 1 aromatic heterocycles. The largest absolute Gasteiger partial charge is 0.437 e. The van der Waals surface area contributed by atoms with Crippen molar-refractivity contribution < 1.29 is 23.5 Å². The molecule has 106 valence electrons. The smallest absolute Gasteiger partial charge is 0.323 e. The summed E-state index contributed by atoms with van der Waals surface area (Å²) in [7, 11) is 0. The van der Waals surface area contributed by atoms with E-state index in [1.54, 1.807) is 0 Å². The molecule has 0 spiro atoms. The van der Waals surface area contributed by atoms with Crippen LogP contribution in [0.5, 0.6) is 10.8 Å². The molecule has 1 atom stereocenters. The van der Waals surface area contributed by atoms with Crippen molar-refractivity contribution >= 4 is 17.0 Å². The van der Waals surface area contributed by atoms with Gasteiger partial charge in [-0.05, 0) is 19.1 Å². The fourth-order valence-electron chi connectivity index (χ4n) is 1.45. The maximum absolute atomic E-state index is 13.5. The van der Waals surface area contributed by atoms with Gasteiger partial charge in [0.1, 0.15) is 5.82 Å². The van der Waals surface area contributed by atoms with Crippen LogP contribution in [-0.2, 0) is 0 Å². The Balaban J connectivity index is 2.39. The van der Waals surface area contributed by atoms with E-state index < -0.39 is 22.7 Å². The Kier molecular flexibility index (Phi) is 3.96. The molecule has 1 aromatic carbocycles. The second kappa shape index (κ2) is 5.51. The maximum Gasteiger partial charge on any atom is 0.323 e. The Morgan fingerprint density at radius 3 is 2.65 bits per heavy atom. The highest BCUT2D eigenvalue weighted by Crippen LogP contribution is 2.42. The van der Waals surface area contributed by atoms with Crippen LogP contribution >= 0.6 is 11.3 Å². The summed E-state index contributed by atoms with van der Waals surface area (Å²) in [5, 5.41) is 20.1. The number of hydrogen-bond acceptors (Lipinski definition) is 5. The van der Waals surface area contributed by atoms with Gasteiger partial charge in [0, 0.05) is 17.0 Å². The molecule has 0 radical (unpaired) electrons. The lowest BCUT2D eigenvalue weighted by atomic mass is 10.3. The normalized spacial score (nSPS) is 12.2. The van der Waals surface area contributed by atoms with E-state index in [2.05, 4.69) is 0 Å². The first-order valence-electron chi connectivity index (χ1n) is 5.47. The standard InChI is InChI=1S/C12H9F2NO4S/c1-6(16)11-5-9(15(17)18)12(20-11)19-10-3-2-7(13)4-8(10)14/h2-6,16H,1H3. The summed E-state index contributed by atoms with van der Waals surface area (Å²) in [6, 6.07) is 3.79. The average molecular weight is 301 g/mol. The number of rotatable bonds is 4. The van der Waals surface area contributed by atoms with Crippen molar-refractivity contribution in [3.05, 3.63) is 50.9 Å². The number of ether oxygens (including phenoxy) is 1. The van der Waals surface area contributed by atoms with Crippen LogP contribution in [0.15, 0.2) is 24.3 Å². The summed E-state index contributed by atoms with van der Waals surface area (Å²) in [4.78, 5) is 10.5. The number of aliphatic hydroxyl groups excluding tert-OH is 1. The number of nitrogens with zero attached hydrogens (tertiary/aromatic N) is 1. The van der Waals surface area contributed by atoms with Crippen LogP contribution in [0.25, 0.3) is 0 Å². The van der Waals surface area contributed by atoms with Crippen molar-refractivity contribution in [2.45, 2.75) is 13.0 Å². The van der Waals surface area contributed by atoms with Gasteiger partial charge >= 0.3 is 5.69 Å². The summed E-state index contributed by atoms with van der Waals surface area (Å²) in [5.41, 5.74) is -0.380. The van der Waals surface area contributed by atoms with Crippen molar-refractivity contribution in [3.63, 3.8) is 0 Å². The topological polar surface area (TPSA) is 72.6 Å². The molecule has 1 unspecified atom stereocenters. The first kappa shape index (κ1) is 14.4. The van der Waals surface area contributed by atoms with E-state index in [0.717, 1.165) is 29.5 Å². The highest BCUT2D eigenvalue weighted by atomic mass is 32.1. The molecule has 0 aliphatic carbocycles. The summed E-state index contributed by atoms with van der Waals surface area (Å²) in [6.45, 7) is 1.44. The lowest BCUT2D eigenvalue weighted by molar-refractivity contribution is -0.385. The summed E-state index contributed by atoms with van der Waals surface area (Å²) in [5.74, 6) is -2.07. The predicted molar refractivity (Wildman–Crippen MR) is 68.0 cm³/mol. The number of aliphatic hydroxyl groups is 1. The molecule has 1 heterocycles. The fraction of sp³-hybridized carbons (Fsp3) is 0.167. The van der Waals surface area contributed by atoms with Crippen molar-refractivity contribution in [2.75, 3.05) is 0 Å². The van der Waals surface area contributed by atoms with Gasteiger partial charge in [-0.3, -0.25) is 10.1 Å². The van der Waals surface area contributed by atoms with Crippen molar-refractivity contribution in [1.82, 2.24) is 0 Å². The molecular formula is C12H9F2NO4S. The number of hydrogen-bond donors (Lipinski definition) is 1. The van der Waals surface area contributed by atoms with E-state index >= 15 is 0 Å². The zero-order valence-corrected chi connectivity index (χ0v) is 11.0. The van der Waals surface area contributed by atoms with Gasteiger partial charge in [-0.25, -0.2) is 8.78 Å². The monoisotopic (exact) mass is 301 g/mol. The van der Waals surface area contributed by atoms with E-state index in [9.17, 15) is 24.0 Å². The summed E-state index contributed by atoms with van der Waals surface area (Å²) in [6.07, 6.45) is -0.908. The molecule has 0 fully saturated rings. The van der Waals surface area contributed by atoms with Crippen LogP contribution in [0.3, 0.4) is 0 Å². The molecule has 0 bridgehead atoms. The van der Waals surface area contributed by atoms with Crippen molar-refractivity contribution in [3.8, 4) is 10.8 Å². The van der Waals surface area contributed by atoms with Crippen LogP contribution in [0.2, 0.25) is 0 Å². The first-order chi connectivity index (χ1) is 9.38. The van der Waals surface area contributed by atoms with Crippen molar-refractivity contribution in [1.29, 1.82) is 0 Å². The molecule has 20 heavy (non-hydrogen) atoms. The minimum absolute atomic E-state index is 0.170. The second-order valence-electron chi connectivity index (χ2n) is 3.93. The first-order valence-corrected chi connectivity index (χ1v) is 6.29. The van der Waals surface area contributed by atoms with Crippen LogP contribution in [-0.4, -0.2) is 10.0 Å². The van der Waals surface area contributed by atoms with Gasteiger partial charge in [-0.15, -0.1) is 0 Å². The van der Waals surface area contributed by atoms with Gasteiger partial charge in [0.05, 0.1) is 11.0 Å². The third-order valence-corrected chi connectivity index (χ3v) is 3.58. The third kappa shape index (κ3) is 2.91. The molecule has 0 aliphatic heterocycles. The lowest BCUT2D eigenvalue weighted by Gasteiger charge is -2.04. The Hall–Kier alpha value is -2.06. The minimum atomic E-state index is -0.966. The number of nitro groups is 1. The van der Waals surface area contributed by atoms with Crippen LogP contribution in [0.4, 0.5) is 14.5 Å². The molecule has 2 rings (SSSR count). The molecule has 5 nitrogen and oxygen atoms in total. The Bertz CT molecular complexity index is 657. The SMILES string of the molecule is CC(O)c1cc([N+](=O)[O-])c(Oc2ccc(F)cc2F)s1. The number of halogens is 2. The zero-order valence-electron chi connectivity index (χ0n) is 10.2. The third-order valence-electron chi connectivity index (χ3n) is 2.40. The van der Waals surface area contributed by atoms with Gasteiger partial charge in [0.15, 0.2) is 11.6 Å². The predicted octanol–water partition coefficient (Wildman–Crippen LogP) is 3.78. The molecule has 0 saturated heterocycles. The summed E-state index contributed by atoms with van der Waals surface area (Å²) < 4.78 is 31.3. The van der Waals surface area contributed by atoms with E-state index in [1.165, 1.54) is 6.92 Å². The van der Waals surface area contributed by atoms with Crippen LogP contribution < -0.4 is 4.74 Å². The van der Waals surface area contributed by atoms with Gasteiger partial charge in [0.2, 0.25) is 0 Å². The molecule has 2 aromatic rings. The maximum atomic E-state index is 13.5. The molecule has 0 aliphatic rings. The number of benzene rings is 1. The molecular weight excluding hydrogens is 292 g/mol.